The zero-order valence-electron chi connectivity index (χ0n) is 17.4. The molecule has 2 fully saturated rings. The molecule has 0 N–H and O–H groups in total. The molecule has 0 bridgehead atoms. The Balaban J connectivity index is 1.40. The van der Waals surface area contributed by atoms with Gasteiger partial charge in [-0.1, -0.05) is 30.5 Å². The standard InChI is InChI=1S/C23H34N2O3/c1-18-7-8-21(19(2)17-18)28-16-11-22(26)24-14-9-20(10-15-24)23(27)25-12-5-3-4-6-13-25/h7-8,17,20H,3-6,9-16H2,1-2H3. The average Bonchev–Trinajstić information content (AvgIpc) is 2.98. The van der Waals surface area contributed by atoms with E-state index >= 15 is 0 Å². The highest BCUT2D eigenvalue weighted by Gasteiger charge is 2.30. The zero-order valence-corrected chi connectivity index (χ0v) is 17.4. The van der Waals surface area contributed by atoms with E-state index in [-0.39, 0.29) is 11.8 Å². The first-order valence-electron chi connectivity index (χ1n) is 10.8. The molecular weight excluding hydrogens is 352 g/mol. The van der Waals surface area contributed by atoms with Crippen LogP contribution < -0.4 is 4.74 Å². The first-order chi connectivity index (χ1) is 13.5. The fraction of sp³-hybridized carbons (Fsp3) is 0.652. The van der Waals surface area contributed by atoms with Crippen LogP contribution >= 0.6 is 0 Å². The highest BCUT2D eigenvalue weighted by molar-refractivity contribution is 5.80. The Morgan fingerprint density at radius 1 is 0.964 bits per heavy atom. The Kier molecular flexibility index (Phi) is 7.35. The molecule has 0 spiro atoms. The first kappa shape index (κ1) is 20.7. The number of carbonyl (C=O) groups excluding carboxylic acids is 2. The number of amides is 2. The molecule has 0 aromatic heterocycles. The number of benzene rings is 1. The monoisotopic (exact) mass is 386 g/mol. The van der Waals surface area contributed by atoms with Crippen molar-refractivity contribution >= 4 is 11.8 Å². The Morgan fingerprint density at radius 2 is 1.64 bits per heavy atom. The van der Waals surface area contributed by atoms with Crippen LogP contribution in [-0.2, 0) is 9.59 Å². The number of piperidine rings is 1. The molecule has 28 heavy (non-hydrogen) atoms. The highest BCUT2D eigenvalue weighted by atomic mass is 16.5. The summed E-state index contributed by atoms with van der Waals surface area (Å²) < 4.78 is 5.80. The smallest absolute Gasteiger partial charge is 0.225 e. The Labute approximate surface area is 169 Å². The van der Waals surface area contributed by atoms with Gasteiger partial charge in [-0.2, -0.15) is 0 Å². The largest absolute Gasteiger partial charge is 0.493 e. The molecule has 1 aromatic rings. The number of hydrogen-bond donors (Lipinski definition) is 0. The van der Waals surface area contributed by atoms with E-state index in [1.165, 1.54) is 18.4 Å². The molecule has 2 amide bonds. The number of nitrogens with zero attached hydrogens (tertiary/aromatic N) is 2. The van der Waals surface area contributed by atoms with E-state index in [2.05, 4.69) is 17.9 Å². The molecule has 1 aromatic carbocycles. The van der Waals surface area contributed by atoms with Gasteiger partial charge in [-0.05, 0) is 51.2 Å². The van der Waals surface area contributed by atoms with Crippen LogP contribution in [0.2, 0.25) is 0 Å². The van der Waals surface area contributed by atoms with Gasteiger partial charge < -0.3 is 14.5 Å². The SMILES string of the molecule is Cc1ccc(OCCC(=O)N2CCC(C(=O)N3CCCCCC3)CC2)c(C)c1. The van der Waals surface area contributed by atoms with E-state index < -0.39 is 0 Å². The molecule has 0 radical (unpaired) electrons. The zero-order chi connectivity index (χ0) is 19.9. The predicted molar refractivity (Wildman–Crippen MR) is 110 cm³/mol. The quantitative estimate of drug-likeness (QED) is 0.775. The minimum atomic E-state index is 0.0913. The second-order valence-electron chi connectivity index (χ2n) is 8.26. The van der Waals surface area contributed by atoms with Crippen molar-refractivity contribution < 1.29 is 14.3 Å². The van der Waals surface area contributed by atoms with Crippen LogP contribution in [0.15, 0.2) is 18.2 Å². The molecule has 0 saturated carbocycles. The van der Waals surface area contributed by atoms with Crippen LogP contribution in [0.1, 0.15) is 56.1 Å². The van der Waals surface area contributed by atoms with Crippen LogP contribution in [0.25, 0.3) is 0 Å². The molecule has 2 aliphatic heterocycles. The van der Waals surface area contributed by atoms with Crippen LogP contribution in [-0.4, -0.2) is 54.4 Å². The minimum absolute atomic E-state index is 0.0913. The van der Waals surface area contributed by atoms with Crippen LogP contribution in [0, 0.1) is 19.8 Å². The van der Waals surface area contributed by atoms with Gasteiger partial charge in [0.2, 0.25) is 11.8 Å². The van der Waals surface area contributed by atoms with Gasteiger partial charge in [-0.3, -0.25) is 9.59 Å². The van der Waals surface area contributed by atoms with E-state index in [4.69, 9.17) is 4.74 Å². The summed E-state index contributed by atoms with van der Waals surface area (Å²) >= 11 is 0. The maximum absolute atomic E-state index is 12.8. The normalized spacial score (nSPS) is 18.6. The third kappa shape index (κ3) is 5.49. The first-order valence-corrected chi connectivity index (χ1v) is 10.8. The van der Waals surface area contributed by atoms with Crippen LogP contribution in [0.5, 0.6) is 5.75 Å². The van der Waals surface area contributed by atoms with E-state index in [1.807, 2.05) is 24.0 Å². The summed E-state index contributed by atoms with van der Waals surface area (Å²) in [7, 11) is 0. The molecular formula is C23H34N2O3. The topological polar surface area (TPSA) is 49.9 Å². The van der Waals surface area contributed by atoms with Crippen molar-refractivity contribution in [3.63, 3.8) is 0 Å². The van der Waals surface area contributed by atoms with Crippen molar-refractivity contribution in [3.8, 4) is 5.75 Å². The van der Waals surface area contributed by atoms with Crippen molar-refractivity contribution in [2.24, 2.45) is 5.92 Å². The Bertz CT molecular complexity index is 672. The fourth-order valence-corrected chi connectivity index (χ4v) is 4.29. The van der Waals surface area contributed by atoms with Gasteiger partial charge in [-0.25, -0.2) is 0 Å². The Morgan fingerprint density at radius 3 is 2.29 bits per heavy atom. The van der Waals surface area contributed by atoms with Gasteiger partial charge in [0.1, 0.15) is 5.75 Å². The third-order valence-electron chi connectivity index (χ3n) is 6.02. The van der Waals surface area contributed by atoms with Gasteiger partial charge in [0.15, 0.2) is 0 Å². The van der Waals surface area contributed by atoms with Crippen molar-refractivity contribution in [1.29, 1.82) is 0 Å². The van der Waals surface area contributed by atoms with Gasteiger partial charge in [0.25, 0.3) is 0 Å². The van der Waals surface area contributed by atoms with Gasteiger partial charge >= 0.3 is 0 Å². The molecule has 2 saturated heterocycles. The molecule has 154 valence electrons. The number of hydrogen-bond acceptors (Lipinski definition) is 3. The maximum atomic E-state index is 12.8. The molecule has 0 atom stereocenters. The van der Waals surface area contributed by atoms with E-state index in [9.17, 15) is 9.59 Å². The molecule has 0 unspecified atom stereocenters. The molecule has 0 aliphatic carbocycles. The van der Waals surface area contributed by atoms with E-state index in [1.54, 1.807) is 0 Å². The highest BCUT2D eigenvalue weighted by Crippen LogP contribution is 2.23. The molecule has 5 heteroatoms. The lowest BCUT2D eigenvalue weighted by molar-refractivity contribution is -0.141. The van der Waals surface area contributed by atoms with Crippen molar-refractivity contribution in [3.05, 3.63) is 29.3 Å². The number of carbonyl (C=O) groups is 2. The van der Waals surface area contributed by atoms with E-state index in [0.29, 0.717) is 32.0 Å². The maximum Gasteiger partial charge on any atom is 0.225 e. The fourth-order valence-electron chi connectivity index (χ4n) is 4.29. The summed E-state index contributed by atoms with van der Waals surface area (Å²) in [6.45, 7) is 7.67. The summed E-state index contributed by atoms with van der Waals surface area (Å²) in [6, 6.07) is 6.08. The lowest BCUT2D eigenvalue weighted by Crippen LogP contribution is -2.44. The van der Waals surface area contributed by atoms with Crippen molar-refractivity contribution in [1.82, 2.24) is 9.80 Å². The summed E-state index contributed by atoms with van der Waals surface area (Å²) in [4.78, 5) is 29.2. The molecule has 3 rings (SSSR count). The summed E-state index contributed by atoms with van der Waals surface area (Å²) in [5.74, 6) is 1.38. The van der Waals surface area contributed by atoms with Crippen molar-refractivity contribution in [2.45, 2.75) is 58.8 Å². The lowest BCUT2D eigenvalue weighted by atomic mass is 9.95. The van der Waals surface area contributed by atoms with Gasteiger partial charge in [0.05, 0.1) is 13.0 Å². The number of likely N-dealkylation sites (tertiary alicyclic amines) is 2. The van der Waals surface area contributed by atoms with E-state index in [0.717, 1.165) is 50.1 Å². The van der Waals surface area contributed by atoms with Crippen LogP contribution in [0.3, 0.4) is 0 Å². The summed E-state index contributed by atoms with van der Waals surface area (Å²) in [6.07, 6.45) is 6.70. The lowest BCUT2D eigenvalue weighted by Gasteiger charge is -2.34. The second kappa shape index (κ2) is 9.94. The molecule has 2 heterocycles. The van der Waals surface area contributed by atoms with Gasteiger partial charge in [-0.15, -0.1) is 0 Å². The average molecular weight is 387 g/mol. The molecule has 2 aliphatic rings. The third-order valence-corrected chi connectivity index (χ3v) is 6.02. The van der Waals surface area contributed by atoms with Crippen LogP contribution in [0.4, 0.5) is 0 Å². The summed E-state index contributed by atoms with van der Waals surface area (Å²) in [5, 5.41) is 0. The number of ether oxygens (including phenoxy) is 1. The predicted octanol–water partition coefficient (Wildman–Crippen LogP) is 3.71. The second-order valence-corrected chi connectivity index (χ2v) is 8.26. The number of aryl methyl sites for hydroxylation is 2. The van der Waals surface area contributed by atoms with Crippen molar-refractivity contribution in [2.75, 3.05) is 32.8 Å². The van der Waals surface area contributed by atoms with Gasteiger partial charge in [0, 0.05) is 32.1 Å². The number of rotatable bonds is 5. The minimum Gasteiger partial charge on any atom is -0.493 e. The summed E-state index contributed by atoms with van der Waals surface area (Å²) in [5.41, 5.74) is 2.30. The molecule has 5 nitrogen and oxygen atoms in total. The Hall–Kier alpha value is -2.04.